The minimum atomic E-state index is -0.860. The molecule has 21 heavy (non-hydrogen) atoms. The number of carbonyl (C=O) groups is 2. The topological polar surface area (TPSA) is 96.2 Å². The predicted octanol–water partition coefficient (Wildman–Crippen LogP) is 0.686. The number of carbonyl (C=O) groups excluding carboxylic acids is 1. The Morgan fingerprint density at radius 2 is 2.33 bits per heavy atom. The van der Waals surface area contributed by atoms with E-state index >= 15 is 0 Å². The lowest BCUT2D eigenvalue weighted by Gasteiger charge is -2.43. The third-order valence-corrected chi connectivity index (χ3v) is 4.52. The van der Waals surface area contributed by atoms with Crippen molar-refractivity contribution in [1.29, 1.82) is 0 Å². The van der Waals surface area contributed by atoms with Crippen molar-refractivity contribution in [1.82, 2.24) is 15.1 Å². The van der Waals surface area contributed by atoms with E-state index in [1.807, 2.05) is 0 Å². The lowest BCUT2D eigenvalue weighted by atomic mass is 9.61. The summed E-state index contributed by atoms with van der Waals surface area (Å²) in [6, 6.07) is 0. The Labute approximate surface area is 122 Å². The molecule has 3 rings (SSSR count). The van der Waals surface area contributed by atoms with Gasteiger partial charge in [0.15, 0.2) is 0 Å². The monoisotopic (exact) mass is 292 g/mol. The largest absolute Gasteiger partial charge is 0.481 e. The Morgan fingerprint density at radius 3 is 3.00 bits per heavy atom. The fraction of sp³-hybridized carbons (Fsp3) is 0.643. The molecule has 7 heteroatoms. The number of nitrogens with one attached hydrogen (secondary N) is 2. The lowest BCUT2D eigenvalue weighted by Crippen LogP contribution is -2.44. The van der Waals surface area contributed by atoms with Crippen LogP contribution in [-0.4, -0.2) is 39.9 Å². The summed E-state index contributed by atoms with van der Waals surface area (Å²) < 4.78 is 1.53. The molecule has 0 aromatic carbocycles. The number of aryl methyl sites for hydroxylation is 1. The molecular formula is C14H20N4O3. The minimum absolute atomic E-state index is 0.0210. The van der Waals surface area contributed by atoms with Crippen molar-refractivity contribution in [2.24, 2.45) is 11.3 Å². The van der Waals surface area contributed by atoms with E-state index in [0.717, 1.165) is 25.9 Å². The summed E-state index contributed by atoms with van der Waals surface area (Å²) in [5, 5.41) is 18.9. The van der Waals surface area contributed by atoms with Gasteiger partial charge in [0.05, 0.1) is 24.8 Å². The Bertz CT molecular complexity index is 540. The van der Waals surface area contributed by atoms with Gasteiger partial charge in [0.25, 0.3) is 0 Å². The smallest absolute Gasteiger partial charge is 0.305 e. The van der Waals surface area contributed by atoms with Gasteiger partial charge in [0, 0.05) is 18.7 Å². The number of aromatic nitrogens is 2. The molecule has 1 saturated heterocycles. The maximum atomic E-state index is 12.1. The summed E-state index contributed by atoms with van der Waals surface area (Å²) >= 11 is 0. The Balaban J connectivity index is 1.48. The number of carboxylic acids is 1. The molecule has 1 aliphatic heterocycles. The van der Waals surface area contributed by atoms with Crippen LogP contribution in [0.15, 0.2) is 12.4 Å². The van der Waals surface area contributed by atoms with Crippen LogP contribution in [-0.2, 0) is 16.1 Å². The summed E-state index contributed by atoms with van der Waals surface area (Å²) in [4.78, 5) is 22.6. The van der Waals surface area contributed by atoms with Crippen molar-refractivity contribution in [2.75, 3.05) is 18.4 Å². The highest BCUT2D eigenvalue weighted by Gasteiger charge is 2.48. The van der Waals surface area contributed by atoms with Crippen molar-refractivity contribution < 1.29 is 14.7 Å². The van der Waals surface area contributed by atoms with Crippen LogP contribution >= 0.6 is 0 Å². The third-order valence-electron chi connectivity index (χ3n) is 4.52. The third kappa shape index (κ3) is 3.07. The predicted molar refractivity (Wildman–Crippen MR) is 75.8 cm³/mol. The maximum Gasteiger partial charge on any atom is 0.305 e. The molecule has 0 unspecified atom stereocenters. The van der Waals surface area contributed by atoms with Gasteiger partial charge in [-0.05, 0) is 31.2 Å². The second-order valence-electron chi connectivity index (χ2n) is 6.16. The first kappa shape index (κ1) is 14.1. The molecule has 0 radical (unpaired) electrons. The highest BCUT2D eigenvalue weighted by atomic mass is 16.4. The van der Waals surface area contributed by atoms with Crippen molar-refractivity contribution in [2.45, 2.75) is 32.2 Å². The van der Waals surface area contributed by atoms with Gasteiger partial charge in [0.1, 0.15) is 0 Å². The van der Waals surface area contributed by atoms with E-state index in [2.05, 4.69) is 15.7 Å². The summed E-state index contributed by atoms with van der Waals surface area (Å²) in [5.41, 5.74) is 0.990. The molecule has 2 aliphatic rings. The number of carboxylic acid groups (broad SMARTS) is 1. The van der Waals surface area contributed by atoms with Crippen LogP contribution in [0.4, 0.5) is 5.69 Å². The number of aliphatic carboxylic acids is 1. The van der Waals surface area contributed by atoms with E-state index in [9.17, 15) is 9.59 Å². The Morgan fingerprint density at radius 1 is 1.52 bits per heavy atom. The molecule has 1 aromatic rings. The van der Waals surface area contributed by atoms with Crippen LogP contribution in [0.5, 0.6) is 0 Å². The molecule has 1 aliphatic carbocycles. The van der Waals surface area contributed by atoms with E-state index in [-0.39, 0.29) is 18.2 Å². The fourth-order valence-corrected chi connectivity index (χ4v) is 3.32. The van der Waals surface area contributed by atoms with E-state index in [1.165, 1.54) is 11.1 Å². The zero-order chi connectivity index (χ0) is 14.9. The van der Waals surface area contributed by atoms with Crippen molar-refractivity contribution >= 4 is 17.6 Å². The SMILES string of the molecule is O=C(O)CCn1cc(NC(=O)C2CC3(CCNC3)C2)cn1. The Kier molecular flexibility index (Phi) is 3.67. The summed E-state index contributed by atoms with van der Waals surface area (Å²) in [7, 11) is 0. The molecular weight excluding hydrogens is 272 g/mol. The molecule has 1 amide bonds. The average Bonchev–Trinajstić information content (AvgIpc) is 3.03. The van der Waals surface area contributed by atoms with Gasteiger partial charge in [-0.2, -0.15) is 5.10 Å². The normalized spacial score (nSPS) is 27.5. The number of rotatable bonds is 5. The molecule has 0 bridgehead atoms. The summed E-state index contributed by atoms with van der Waals surface area (Å²) in [5.74, 6) is -0.724. The lowest BCUT2D eigenvalue weighted by molar-refractivity contribution is -0.137. The molecule has 0 atom stereocenters. The second-order valence-corrected chi connectivity index (χ2v) is 6.16. The molecule has 7 nitrogen and oxygen atoms in total. The van der Waals surface area contributed by atoms with Gasteiger partial charge in [-0.1, -0.05) is 0 Å². The summed E-state index contributed by atoms with van der Waals surface area (Å²) in [6.07, 6.45) is 6.34. The first-order chi connectivity index (χ1) is 10.1. The van der Waals surface area contributed by atoms with Gasteiger partial charge in [0.2, 0.25) is 5.91 Å². The van der Waals surface area contributed by atoms with E-state index in [0.29, 0.717) is 17.6 Å². The molecule has 114 valence electrons. The number of hydrogen-bond acceptors (Lipinski definition) is 4. The van der Waals surface area contributed by atoms with Crippen molar-refractivity contribution in [3.8, 4) is 0 Å². The standard InChI is InChI=1S/C14H20N4O3/c19-12(20)1-4-18-8-11(7-16-18)17-13(21)10-5-14(6-10)2-3-15-9-14/h7-8,10,15H,1-6,9H2,(H,17,21)(H,19,20). The van der Waals surface area contributed by atoms with Gasteiger partial charge in [-0.3, -0.25) is 14.3 Å². The van der Waals surface area contributed by atoms with Crippen LogP contribution in [0.25, 0.3) is 0 Å². The van der Waals surface area contributed by atoms with E-state index < -0.39 is 5.97 Å². The number of hydrogen-bond donors (Lipinski definition) is 3. The van der Waals surface area contributed by atoms with Crippen LogP contribution in [0.1, 0.15) is 25.7 Å². The van der Waals surface area contributed by atoms with Gasteiger partial charge >= 0.3 is 5.97 Å². The zero-order valence-electron chi connectivity index (χ0n) is 11.8. The molecule has 2 heterocycles. The zero-order valence-corrected chi connectivity index (χ0v) is 11.8. The van der Waals surface area contributed by atoms with Crippen LogP contribution < -0.4 is 10.6 Å². The maximum absolute atomic E-state index is 12.1. The first-order valence-corrected chi connectivity index (χ1v) is 7.32. The quantitative estimate of drug-likeness (QED) is 0.742. The Hall–Kier alpha value is -1.89. The molecule has 1 aromatic heterocycles. The highest BCUT2D eigenvalue weighted by molar-refractivity contribution is 5.93. The van der Waals surface area contributed by atoms with Crippen LogP contribution in [0.2, 0.25) is 0 Å². The van der Waals surface area contributed by atoms with Crippen LogP contribution in [0.3, 0.4) is 0 Å². The molecule has 3 N–H and O–H groups in total. The van der Waals surface area contributed by atoms with Crippen molar-refractivity contribution in [3.05, 3.63) is 12.4 Å². The van der Waals surface area contributed by atoms with Gasteiger partial charge in [-0.15, -0.1) is 0 Å². The van der Waals surface area contributed by atoms with E-state index in [1.54, 1.807) is 12.4 Å². The second kappa shape index (κ2) is 5.48. The molecule has 2 fully saturated rings. The van der Waals surface area contributed by atoms with E-state index in [4.69, 9.17) is 5.11 Å². The average molecular weight is 292 g/mol. The van der Waals surface area contributed by atoms with Gasteiger partial charge in [-0.25, -0.2) is 0 Å². The fourth-order valence-electron chi connectivity index (χ4n) is 3.32. The number of nitrogens with zero attached hydrogens (tertiary/aromatic N) is 2. The summed E-state index contributed by atoms with van der Waals surface area (Å²) in [6.45, 7) is 2.40. The molecule has 1 saturated carbocycles. The van der Waals surface area contributed by atoms with Crippen molar-refractivity contribution in [3.63, 3.8) is 0 Å². The number of anilines is 1. The minimum Gasteiger partial charge on any atom is -0.481 e. The molecule has 1 spiro atoms. The number of amides is 1. The van der Waals surface area contributed by atoms with Crippen LogP contribution in [0, 0.1) is 11.3 Å². The van der Waals surface area contributed by atoms with Gasteiger partial charge < -0.3 is 15.7 Å². The highest BCUT2D eigenvalue weighted by Crippen LogP contribution is 2.49. The first-order valence-electron chi connectivity index (χ1n) is 7.32.